The molecule has 5 nitrogen and oxygen atoms in total. The average Bonchev–Trinajstić information content (AvgIpc) is 3.15. The van der Waals surface area contributed by atoms with Gasteiger partial charge in [0.1, 0.15) is 21.4 Å². The summed E-state index contributed by atoms with van der Waals surface area (Å²) in [7, 11) is 1.57. The van der Waals surface area contributed by atoms with Gasteiger partial charge in [-0.15, -0.1) is 11.3 Å². The molecular formula is C22H19ClN2O3S. The number of nitrogens with zero attached hydrogens (tertiary/aromatic N) is 1. The van der Waals surface area contributed by atoms with Gasteiger partial charge in [0.15, 0.2) is 0 Å². The van der Waals surface area contributed by atoms with Crippen LogP contribution in [0.15, 0.2) is 48.5 Å². The number of halogens is 1. The van der Waals surface area contributed by atoms with E-state index < -0.39 is 0 Å². The summed E-state index contributed by atoms with van der Waals surface area (Å²) in [5.74, 6) is 1.21. The molecule has 0 unspecified atom stereocenters. The maximum absolute atomic E-state index is 12.7. The molecule has 0 saturated heterocycles. The van der Waals surface area contributed by atoms with E-state index in [1.165, 1.54) is 11.3 Å². The summed E-state index contributed by atoms with van der Waals surface area (Å²) >= 11 is 7.73. The number of carbonyl (C=O) groups is 1. The number of fused-ring (bicyclic) bond motifs is 2. The van der Waals surface area contributed by atoms with Crippen molar-refractivity contribution in [3.63, 3.8) is 0 Å². The molecule has 0 aliphatic heterocycles. The molecule has 0 aliphatic rings. The van der Waals surface area contributed by atoms with Gasteiger partial charge in [0, 0.05) is 22.9 Å². The highest BCUT2D eigenvalue weighted by Gasteiger charge is 2.15. The smallest absolute Gasteiger partial charge is 0.261 e. The second kappa shape index (κ2) is 8.27. The number of amides is 1. The number of pyridine rings is 1. The Bertz CT molecular complexity index is 1210. The fraction of sp³-hybridized carbons (Fsp3) is 0.182. The molecule has 0 bridgehead atoms. The number of hydrogen-bond donors (Lipinski definition) is 1. The largest absolute Gasteiger partial charge is 0.495 e. The van der Waals surface area contributed by atoms with Gasteiger partial charge in [-0.3, -0.25) is 4.79 Å². The van der Waals surface area contributed by atoms with Crippen molar-refractivity contribution in [1.29, 1.82) is 0 Å². The predicted molar refractivity (Wildman–Crippen MR) is 117 cm³/mol. The Morgan fingerprint density at radius 3 is 2.76 bits per heavy atom. The first-order valence-electron chi connectivity index (χ1n) is 9.16. The number of para-hydroxylation sites is 1. The van der Waals surface area contributed by atoms with Crippen LogP contribution in [0.25, 0.3) is 21.1 Å². The van der Waals surface area contributed by atoms with E-state index in [0.717, 1.165) is 26.9 Å². The topological polar surface area (TPSA) is 60.5 Å². The number of ether oxygens (including phenoxy) is 2. The number of hydrogen-bond acceptors (Lipinski definition) is 5. The number of rotatable bonds is 6. The molecule has 0 atom stereocenters. The third-order valence-electron chi connectivity index (χ3n) is 4.53. The SMILES string of the molecule is CCOc1ccccc1CNC(=O)c1cc2cc3ccc(OC)c(Cl)c3nc2s1. The second-order valence-electron chi connectivity index (χ2n) is 6.37. The minimum atomic E-state index is -0.146. The van der Waals surface area contributed by atoms with Gasteiger partial charge in [-0.25, -0.2) is 4.98 Å². The Balaban J connectivity index is 1.60. The molecule has 0 radical (unpaired) electrons. The lowest BCUT2D eigenvalue weighted by Gasteiger charge is -2.10. The molecule has 29 heavy (non-hydrogen) atoms. The first kappa shape index (κ1) is 19.5. The van der Waals surface area contributed by atoms with Gasteiger partial charge in [0.25, 0.3) is 5.91 Å². The minimum absolute atomic E-state index is 0.146. The molecule has 7 heteroatoms. The van der Waals surface area contributed by atoms with E-state index in [2.05, 4.69) is 10.3 Å². The number of nitrogens with one attached hydrogen (secondary N) is 1. The van der Waals surface area contributed by atoms with Gasteiger partial charge < -0.3 is 14.8 Å². The summed E-state index contributed by atoms with van der Waals surface area (Å²) in [5, 5.41) is 5.24. The normalized spacial score (nSPS) is 11.0. The minimum Gasteiger partial charge on any atom is -0.495 e. The van der Waals surface area contributed by atoms with E-state index in [-0.39, 0.29) is 5.91 Å². The number of methoxy groups -OCH3 is 1. The van der Waals surface area contributed by atoms with E-state index >= 15 is 0 Å². The molecule has 2 aromatic heterocycles. The zero-order chi connectivity index (χ0) is 20.4. The van der Waals surface area contributed by atoms with E-state index in [1.807, 2.05) is 55.5 Å². The number of carbonyl (C=O) groups excluding carboxylic acids is 1. The summed E-state index contributed by atoms with van der Waals surface area (Å²) < 4.78 is 10.9. The Labute approximate surface area is 177 Å². The molecule has 0 fully saturated rings. The van der Waals surface area contributed by atoms with Crippen molar-refractivity contribution in [2.75, 3.05) is 13.7 Å². The van der Waals surface area contributed by atoms with Crippen molar-refractivity contribution in [2.24, 2.45) is 0 Å². The zero-order valence-corrected chi connectivity index (χ0v) is 17.6. The third kappa shape index (κ3) is 3.86. The van der Waals surface area contributed by atoms with E-state index in [1.54, 1.807) is 7.11 Å². The molecule has 2 heterocycles. The van der Waals surface area contributed by atoms with Crippen LogP contribution in [0.1, 0.15) is 22.2 Å². The number of thiophene rings is 1. The highest BCUT2D eigenvalue weighted by molar-refractivity contribution is 7.20. The Kier molecular flexibility index (Phi) is 5.56. The van der Waals surface area contributed by atoms with Gasteiger partial charge in [-0.1, -0.05) is 29.8 Å². The Hall–Kier alpha value is -2.83. The zero-order valence-electron chi connectivity index (χ0n) is 16.0. The molecule has 2 aromatic carbocycles. The van der Waals surface area contributed by atoms with E-state index in [0.29, 0.717) is 34.3 Å². The molecule has 1 N–H and O–H groups in total. The fourth-order valence-electron chi connectivity index (χ4n) is 3.12. The molecule has 0 saturated carbocycles. The monoisotopic (exact) mass is 426 g/mol. The average molecular weight is 427 g/mol. The fourth-order valence-corrected chi connectivity index (χ4v) is 4.35. The van der Waals surface area contributed by atoms with Gasteiger partial charge >= 0.3 is 0 Å². The molecule has 1 amide bonds. The van der Waals surface area contributed by atoms with Crippen LogP contribution in [0.4, 0.5) is 0 Å². The maximum Gasteiger partial charge on any atom is 0.261 e. The molecule has 0 spiro atoms. The standard InChI is InChI=1S/C22H19ClN2O3S/c1-3-28-16-7-5-4-6-14(16)12-24-21(26)18-11-15-10-13-8-9-17(27-2)19(23)20(13)25-22(15)29-18/h4-11H,3,12H2,1-2H3,(H,24,26). The van der Waals surface area contributed by atoms with E-state index in [4.69, 9.17) is 21.1 Å². The summed E-state index contributed by atoms with van der Waals surface area (Å²) in [5.41, 5.74) is 1.60. The third-order valence-corrected chi connectivity index (χ3v) is 5.94. The van der Waals surface area contributed by atoms with Crippen molar-refractivity contribution in [3.05, 3.63) is 64.0 Å². The highest BCUT2D eigenvalue weighted by Crippen LogP contribution is 2.35. The van der Waals surface area contributed by atoms with Gasteiger partial charge in [-0.2, -0.15) is 0 Å². The van der Waals surface area contributed by atoms with Crippen LogP contribution < -0.4 is 14.8 Å². The van der Waals surface area contributed by atoms with Crippen LogP contribution in [-0.2, 0) is 6.54 Å². The molecular weight excluding hydrogens is 408 g/mol. The van der Waals surface area contributed by atoms with Crippen LogP contribution in [0, 0.1) is 0 Å². The lowest BCUT2D eigenvalue weighted by molar-refractivity contribution is 0.0954. The second-order valence-corrected chi connectivity index (χ2v) is 7.78. The lowest BCUT2D eigenvalue weighted by atomic mass is 10.1. The van der Waals surface area contributed by atoms with Crippen molar-refractivity contribution < 1.29 is 14.3 Å². The molecule has 0 aliphatic carbocycles. The summed E-state index contributed by atoms with van der Waals surface area (Å²) in [6, 6.07) is 15.3. The predicted octanol–water partition coefficient (Wildman–Crippen LogP) is 5.44. The van der Waals surface area contributed by atoms with Gasteiger partial charge in [0.2, 0.25) is 0 Å². The Morgan fingerprint density at radius 2 is 1.97 bits per heavy atom. The Morgan fingerprint density at radius 1 is 1.14 bits per heavy atom. The molecule has 4 aromatic rings. The quantitative estimate of drug-likeness (QED) is 0.446. The molecule has 148 valence electrons. The van der Waals surface area contributed by atoms with Crippen LogP contribution in [0.2, 0.25) is 5.02 Å². The van der Waals surface area contributed by atoms with Crippen LogP contribution in [0.5, 0.6) is 11.5 Å². The van der Waals surface area contributed by atoms with Crippen LogP contribution >= 0.6 is 22.9 Å². The summed E-state index contributed by atoms with van der Waals surface area (Å²) in [6.45, 7) is 2.90. The summed E-state index contributed by atoms with van der Waals surface area (Å²) in [6.07, 6.45) is 0. The first-order valence-corrected chi connectivity index (χ1v) is 10.4. The van der Waals surface area contributed by atoms with Crippen molar-refractivity contribution >= 4 is 50.0 Å². The lowest BCUT2D eigenvalue weighted by Crippen LogP contribution is -2.22. The van der Waals surface area contributed by atoms with Gasteiger partial charge in [-0.05, 0) is 37.3 Å². The van der Waals surface area contributed by atoms with Crippen LogP contribution in [-0.4, -0.2) is 24.6 Å². The highest BCUT2D eigenvalue weighted by atomic mass is 35.5. The first-order chi connectivity index (χ1) is 14.1. The number of benzene rings is 2. The van der Waals surface area contributed by atoms with Crippen molar-refractivity contribution in [1.82, 2.24) is 10.3 Å². The van der Waals surface area contributed by atoms with E-state index in [9.17, 15) is 4.79 Å². The molecule has 4 rings (SSSR count). The number of aromatic nitrogens is 1. The van der Waals surface area contributed by atoms with Gasteiger partial charge in [0.05, 0.1) is 24.1 Å². The summed E-state index contributed by atoms with van der Waals surface area (Å²) in [4.78, 5) is 18.7. The van der Waals surface area contributed by atoms with Crippen molar-refractivity contribution in [3.8, 4) is 11.5 Å². The maximum atomic E-state index is 12.7. The van der Waals surface area contributed by atoms with Crippen LogP contribution in [0.3, 0.4) is 0 Å². The van der Waals surface area contributed by atoms with Crippen molar-refractivity contribution in [2.45, 2.75) is 13.5 Å².